The minimum Gasteiger partial charge on any atom is -0.506 e. The maximum atomic E-state index is 9.26. The fourth-order valence-electron chi connectivity index (χ4n) is 0.535. The summed E-state index contributed by atoms with van der Waals surface area (Å²) in [7, 11) is 0. The van der Waals surface area contributed by atoms with Gasteiger partial charge in [-0.2, -0.15) is 0 Å². The highest BCUT2D eigenvalue weighted by Gasteiger charge is 2.02. The van der Waals surface area contributed by atoms with Crippen molar-refractivity contribution in [2.24, 2.45) is 0 Å². The normalized spacial score (nSPS) is 9.90. The molecule has 0 bridgehead atoms. The Morgan fingerprint density at radius 3 is 2.40 bits per heavy atom. The molecule has 0 saturated carbocycles. The molecule has 0 amide bonds. The lowest BCUT2D eigenvalue weighted by Gasteiger charge is -1.99. The van der Waals surface area contributed by atoms with Crippen LogP contribution in [0.2, 0.25) is 0 Å². The summed E-state index contributed by atoms with van der Waals surface area (Å²) in [6, 6.07) is 3.65. The summed E-state index contributed by atoms with van der Waals surface area (Å²) in [6.45, 7) is 0. The van der Waals surface area contributed by atoms with Gasteiger partial charge in [-0.3, -0.25) is 0 Å². The Bertz CT molecular complexity index is 239. The smallest absolute Gasteiger partial charge is 0.143 e. The lowest BCUT2D eigenvalue weighted by atomic mass is 10.3. The van der Waals surface area contributed by atoms with Crippen molar-refractivity contribution in [3.8, 4) is 5.75 Å². The van der Waals surface area contributed by atoms with Gasteiger partial charge in [-0.15, -0.1) is 0 Å². The number of rotatable bonds is 0. The van der Waals surface area contributed by atoms with E-state index < -0.39 is 0 Å². The van der Waals surface area contributed by atoms with E-state index in [1.54, 1.807) is 6.07 Å². The van der Waals surface area contributed by atoms with Gasteiger partial charge in [0.1, 0.15) is 5.75 Å². The van der Waals surface area contributed by atoms with E-state index in [1.807, 2.05) is 6.07 Å². The van der Waals surface area contributed by atoms with Gasteiger partial charge in [0.25, 0.3) is 0 Å². The minimum atomic E-state index is 0.295. The number of phenolic OH excluding ortho intramolecular Hbond substituents is 1. The molecule has 0 radical (unpaired) electrons. The average Bonchev–Trinajstić information content (AvgIpc) is 1.82. The van der Waals surface area contributed by atoms with Crippen LogP contribution in [0.5, 0.6) is 5.75 Å². The van der Waals surface area contributed by atoms with E-state index >= 15 is 0 Å². The molecular weight excluding hydrogens is 375 g/mol. The van der Waals surface area contributed by atoms with Gasteiger partial charge in [0.2, 0.25) is 0 Å². The van der Waals surface area contributed by atoms with Gasteiger partial charge in [0.15, 0.2) is 0 Å². The standard InChI is InChI=1S/C6H3Br2IO/c7-3-1-4(8)6(10)5(9)2-3/h1-2,10H. The van der Waals surface area contributed by atoms with Crippen molar-refractivity contribution in [2.75, 3.05) is 0 Å². The lowest BCUT2D eigenvalue weighted by Crippen LogP contribution is -1.75. The van der Waals surface area contributed by atoms with E-state index in [0.29, 0.717) is 10.2 Å². The molecule has 1 aromatic rings. The Kier molecular flexibility index (Phi) is 3.00. The zero-order chi connectivity index (χ0) is 7.72. The van der Waals surface area contributed by atoms with Gasteiger partial charge >= 0.3 is 0 Å². The third-order valence-electron chi connectivity index (χ3n) is 0.982. The first-order valence-electron chi connectivity index (χ1n) is 2.45. The van der Waals surface area contributed by atoms with E-state index in [2.05, 4.69) is 54.5 Å². The maximum absolute atomic E-state index is 9.26. The van der Waals surface area contributed by atoms with Crippen LogP contribution in [-0.4, -0.2) is 5.11 Å². The van der Waals surface area contributed by atoms with Gasteiger partial charge in [0.05, 0.1) is 8.04 Å². The summed E-state index contributed by atoms with van der Waals surface area (Å²) in [5.41, 5.74) is 0. The molecule has 0 aromatic heterocycles. The Morgan fingerprint density at radius 2 is 1.90 bits per heavy atom. The zero-order valence-corrected chi connectivity index (χ0v) is 10.1. The topological polar surface area (TPSA) is 20.2 Å². The van der Waals surface area contributed by atoms with Crippen molar-refractivity contribution in [1.29, 1.82) is 0 Å². The van der Waals surface area contributed by atoms with Gasteiger partial charge in [0, 0.05) is 4.47 Å². The molecule has 1 nitrogen and oxygen atoms in total. The largest absolute Gasteiger partial charge is 0.506 e. The average molecular weight is 378 g/mol. The highest BCUT2D eigenvalue weighted by atomic mass is 127. The molecule has 54 valence electrons. The van der Waals surface area contributed by atoms with Crippen LogP contribution in [0.3, 0.4) is 0 Å². The van der Waals surface area contributed by atoms with Crippen LogP contribution in [-0.2, 0) is 0 Å². The Labute approximate surface area is 89.2 Å². The van der Waals surface area contributed by atoms with Crippen LogP contribution in [0.1, 0.15) is 0 Å². The SMILES string of the molecule is Oc1c(Br)cc(Br)cc1I. The van der Waals surface area contributed by atoms with Crippen molar-refractivity contribution in [3.05, 3.63) is 24.6 Å². The molecule has 10 heavy (non-hydrogen) atoms. The number of aromatic hydroxyl groups is 1. The van der Waals surface area contributed by atoms with Crippen molar-refractivity contribution in [1.82, 2.24) is 0 Å². The zero-order valence-electron chi connectivity index (χ0n) is 4.74. The van der Waals surface area contributed by atoms with Gasteiger partial charge in [-0.1, -0.05) is 15.9 Å². The van der Waals surface area contributed by atoms with E-state index in [9.17, 15) is 5.11 Å². The molecular formula is C6H3Br2IO. The lowest BCUT2D eigenvalue weighted by molar-refractivity contribution is 0.468. The number of phenols is 1. The summed E-state index contributed by atoms with van der Waals surface area (Å²) in [5, 5.41) is 9.26. The predicted octanol–water partition coefficient (Wildman–Crippen LogP) is 3.52. The summed E-state index contributed by atoms with van der Waals surface area (Å²) in [6.07, 6.45) is 0. The third kappa shape index (κ3) is 1.85. The summed E-state index contributed by atoms with van der Waals surface area (Å²) in [4.78, 5) is 0. The molecule has 1 N–H and O–H groups in total. The van der Waals surface area contributed by atoms with Crippen molar-refractivity contribution in [3.63, 3.8) is 0 Å². The predicted molar refractivity (Wildman–Crippen MR) is 56.2 cm³/mol. The molecule has 1 rings (SSSR count). The quantitative estimate of drug-likeness (QED) is 0.686. The molecule has 4 heteroatoms. The number of hydrogen-bond donors (Lipinski definition) is 1. The van der Waals surface area contributed by atoms with Gasteiger partial charge < -0.3 is 5.11 Å². The highest BCUT2D eigenvalue weighted by molar-refractivity contribution is 14.1. The van der Waals surface area contributed by atoms with Crippen LogP contribution >= 0.6 is 54.5 Å². The Morgan fingerprint density at radius 1 is 1.30 bits per heavy atom. The second-order valence-electron chi connectivity index (χ2n) is 1.72. The van der Waals surface area contributed by atoms with Crippen LogP contribution in [0.15, 0.2) is 21.1 Å². The van der Waals surface area contributed by atoms with E-state index in [4.69, 9.17) is 0 Å². The molecule has 0 aliphatic carbocycles. The fraction of sp³-hybridized carbons (Fsp3) is 0. The minimum absolute atomic E-state index is 0.295. The Balaban J connectivity index is 3.31. The van der Waals surface area contributed by atoms with E-state index in [1.165, 1.54) is 0 Å². The molecule has 0 spiro atoms. The van der Waals surface area contributed by atoms with Crippen LogP contribution in [0.4, 0.5) is 0 Å². The first-order chi connectivity index (χ1) is 4.61. The van der Waals surface area contributed by atoms with E-state index in [0.717, 1.165) is 8.04 Å². The number of halogens is 3. The third-order valence-corrected chi connectivity index (χ3v) is 2.87. The van der Waals surface area contributed by atoms with Gasteiger partial charge in [-0.05, 0) is 50.7 Å². The second kappa shape index (κ2) is 3.40. The number of hydrogen-bond acceptors (Lipinski definition) is 1. The number of benzene rings is 1. The van der Waals surface area contributed by atoms with Crippen LogP contribution in [0, 0.1) is 3.57 Å². The van der Waals surface area contributed by atoms with Crippen molar-refractivity contribution in [2.45, 2.75) is 0 Å². The highest BCUT2D eigenvalue weighted by Crippen LogP contribution is 2.32. The molecule has 0 atom stereocenters. The molecule has 1 aromatic carbocycles. The molecule has 0 unspecified atom stereocenters. The first kappa shape index (κ1) is 8.80. The van der Waals surface area contributed by atoms with Crippen molar-refractivity contribution >= 4 is 54.5 Å². The molecule has 0 heterocycles. The summed E-state index contributed by atoms with van der Waals surface area (Å²) in [5.74, 6) is 0.295. The molecule has 0 saturated heterocycles. The maximum Gasteiger partial charge on any atom is 0.143 e. The monoisotopic (exact) mass is 376 g/mol. The van der Waals surface area contributed by atoms with Crippen molar-refractivity contribution < 1.29 is 5.11 Å². The second-order valence-corrected chi connectivity index (χ2v) is 4.65. The fourth-order valence-corrected chi connectivity index (χ4v) is 3.18. The molecule has 0 fully saturated rings. The van der Waals surface area contributed by atoms with Crippen LogP contribution < -0.4 is 0 Å². The Hall–Kier alpha value is 0.710. The first-order valence-corrected chi connectivity index (χ1v) is 5.11. The molecule has 0 aliphatic rings. The van der Waals surface area contributed by atoms with Crippen LogP contribution in [0.25, 0.3) is 0 Å². The van der Waals surface area contributed by atoms with Gasteiger partial charge in [-0.25, -0.2) is 0 Å². The summed E-state index contributed by atoms with van der Waals surface area (Å²) >= 11 is 8.58. The van der Waals surface area contributed by atoms with E-state index in [-0.39, 0.29) is 0 Å². The summed E-state index contributed by atoms with van der Waals surface area (Å²) < 4.78 is 2.51. The molecule has 0 aliphatic heterocycles.